The quantitative estimate of drug-likeness (QED) is 0.890. The van der Waals surface area contributed by atoms with Gasteiger partial charge in [-0.25, -0.2) is 12.8 Å². The highest BCUT2D eigenvalue weighted by Gasteiger charge is 2.33. The van der Waals surface area contributed by atoms with Crippen molar-refractivity contribution in [2.75, 3.05) is 19.6 Å². The molecule has 0 radical (unpaired) electrons. The van der Waals surface area contributed by atoms with Gasteiger partial charge in [-0.15, -0.1) is 0 Å². The van der Waals surface area contributed by atoms with E-state index in [0.717, 1.165) is 38.4 Å². The average molecular weight is 349 g/mol. The molecule has 0 aromatic heterocycles. The zero-order valence-electron chi connectivity index (χ0n) is 12.9. The summed E-state index contributed by atoms with van der Waals surface area (Å²) in [5, 5.41) is 3.18. The predicted molar refractivity (Wildman–Crippen MR) is 86.2 cm³/mol. The monoisotopic (exact) mass is 348 g/mol. The molecule has 1 aliphatic rings. The lowest BCUT2D eigenvalue weighted by Gasteiger charge is -2.33. The lowest BCUT2D eigenvalue weighted by atomic mass is 10.1. The van der Waals surface area contributed by atoms with E-state index in [9.17, 15) is 12.8 Å². The highest BCUT2D eigenvalue weighted by Crippen LogP contribution is 2.30. The molecule has 0 spiro atoms. The minimum absolute atomic E-state index is 0.0000457. The lowest BCUT2D eigenvalue weighted by Crippen LogP contribution is -2.46. The molecule has 0 atom stereocenters. The number of rotatable bonds is 5. The van der Waals surface area contributed by atoms with E-state index in [1.165, 1.54) is 10.4 Å². The Labute approximate surface area is 136 Å². The number of sulfonamides is 1. The summed E-state index contributed by atoms with van der Waals surface area (Å²) in [5.41, 5.74) is 0.282. The lowest BCUT2D eigenvalue weighted by molar-refractivity contribution is 0.262. The van der Waals surface area contributed by atoms with Gasteiger partial charge in [-0.2, -0.15) is 4.31 Å². The third-order valence-corrected chi connectivity index (χ3v) is 6.38. The molecule has 1 N–H and O–H groups in total. The van der Waals surface area contributed by atoms with Gasteiger partial charge in [0, 0.05) is 12.6 Å². The zero-order valence-corrected chi connectivity index (χ0v) is 14.5. The number of benzene rings is 1. The van der Waals surface area contributed by atoms with Crippen molar-refractivity contribution in [3.8, 4) is 0 Å². The normalized spacial score (nSPS) is 17.1. The van der Waals surface area contributed by atoms with Crippen molar-refractivity contribution in [2.45, 2.75) is 44.0 Å². The van der Waals surface area contributed by atoms with Gasteiger partial charge in [-0.05, 0) is 57.0 Å². The minimum Gasteiger partial charge on any atom is -0.317 e. The molecule has 0 bridgehead atoms. The van der Waals surface area contributed by atoms with Gasteiger partial charge in [0.05, 0.1) is 5.02 Å². The fourth-order valence-electron chi connectivity index (χ4n) is 2.77. The van der Waals surface area contributed by atoms with Gasteiger partial charge < -0.3 is 5.32 Å². The van der Waals surface area contributed by atoms with E-state index in [1.807, 2.05) is 6.92 Å². The van der Waals surface area contributed by atoms with Crippen molar-refractivity contribution < 1.29 is 12.8 Å². The van der Waals surface area contributed by atoms with Crippen LogP contribution in [0.1, 0.15) is 31.7 Å². The summed E-state index contributed by atoms with van der Waals surface area (Å²) in [4.78, 5) is 0.0000457. The maximum Gasteiger partial charge on any atom is 0.244 e. The third-order valence-electron chi connectivity index (χ3n) is 3.96. The Morgan fingerprint density at radius 1 is 1.36 bits per heavy atom. The number of halogens is 2. The molecule has 2 rings (SSSR count). The molecule has 0 aliphatic carbocycles. The zero-order chi connectivity index (χ0) is 16.3. The molecule has 1 saturated heterocycles. The first-order valence-electron chi connectivity index (χ1n) is 7.56. The summed E-state index contributed by atoms with van der Waals surface area (Å²) in [6.45, 7) is 5.54. The molecule has 0 saturated carbocycles. The van der Waals surface area contributed by atoms with Gasteiger partial charge in [0.15, 0.2) is 0 Å². The molecule has 1 heterocycles. The standard InChI is InChI=1S/C15H22ClFN2O2S/c1-3-8-19(12-4-6-18-7-5-12)22(20,21)15-9-11(2)14(17)10-13(15)16/h9-10,12,18H,3-8H2,1-2H3. The number of hydrogen-bond acceptors (Lipinski definition) is 3. The molecule has 1 aromatic carbocycles. The van der Waals surface area contributed by atoms with Crippen LogP contribution < -0.4 is 5.32 Å². The first kappa shape index (κ1) is 17.7. The first-order valence-corrected chi connectivity index (χ1v) is 9.38. The molecule has 0 unspecified atom stereocenters. The van der Waals surface area contributed by atoms with Crippen molar-refractivity contribution in [1.29, 1.82) is 0 Å². The van der Waals surface area contributed by atoms with Crippen LogP contribution in [-0.2, 0) is 10.0 Å². The Morgan fingerprint density at radius 3 is 2.59 bits per heavy atom. The summed E-state index contributed by atoms with van der Waals surface area (Å²) < 4.78 is 41.1. The number of nitrogens with zero attached hydrogens (tertiary/aromatic N) is 1. The minimum atomic E-state index is -3.73. The maximum absolute atomic E-state index is 13.6. The summed E-state index contributed by atoms with van der Waals surface area (Å²) in [5.74, 6) is -0.493. The molecule has 1 fully saturated rings. The van der Waals surface area contributed by atoms with Crippen LogP contribution in [0, 0.1) is 12.7 Å². The second-order valence-electron chi connectivity index (χ2n) is 5.63. The second kappa shape index (κ2) is 7.25. The topological polar surface area (TPSA) is 49.4 Å². The SMILES string of the molecule is CCCN(C1CCNCC1)S(=O)(=O)c1cc(C)c(F)cc1Cl. The summed E-state index contributed by atoms with van der Waals surface area (Å²) in [6.07, 6.45) is 2.27. The molecule has 7 heteroatoms. The molecular weight excluding hydrogens is 327 g/mol. The maximum atomic E-state index is 13.6. The molecule has 1 aliphatic heterocycles. The summed E-state index contributed by atoms with van der Waals surface area (Å²) in [7, 11) is -3.73. The third kappa shape index (κ3) is 3.62. The summed E-state index contributed by atoms with van der Waals surface area (Å²) in [6, 6.07) is 2.38. The molecule has 4 nitrogen and oxygen atoms in total. The number of piperidine rings is 1. The molecule has 124 valence electrons. The van der Waals surface area contributed by atoms with Gasteiger partial charge in [0.1, 0.15) is 10.7 Å². The van der Waals surface area contributed by atoms with Crippen LogP contribution >= 0.6 is 11.6 Å². The molecule has 0 amide bonds. The Balaban J connectivity index is 2.42. The largest absolute Gasteiger partial charge is 0.317 e. The van der Waals surface area contributed by atoms with E-state index >= 15 is 0 Å². The predicted octanol–water partition coefficient (Wildman–Crippen LogP) is 2.94. The molecule has 22 heavy (non-hydrogen) atoms. The Morgan fingerprint density at radius 2 is 2.00 bits per heavy atom. The van der Waals surface area contributed by atoms with Gasteiger partial charge in [-0.3, -0.25) is 0 Å². The molecular formula is C15H22ClFN2O2S. The van der Waals surface area contributed by atoms with E-state index in [2.05, 4.69) is 5.32 Å². The van der Waals surface area contributed by atoms with Crippen molar-refractivity contribution in [1.82, 2.24) is 9.62 Å². The van der Waals surface area contributed by atoms with Crippen LogP contribution in [-0.4, -0.2) is 38.4 Å². The van der Waals surface area contributed by atoms with E-state index in [1.54, 1.807) is 6.92 Å². The summed E-state index contributed by atoms with van der Waals surface area (Å²) >= 11 is 6.01. The van der Waals surface area contributed by atoms with Gasteiger partial charge >= 0.3 is 0 Å². The van der Waals surface area contributed by atoms with Gasteiger partial charge in [-0.1, -0.05) is 18.5 Å². The van der Waals surface area contributed by atoms with E-state index in [4.69, 9.17) is 11.6 Å². The smallest absolute Gasteiger partial charge is 0.244 e. The number of nitrogens with one attached hydrogen (secondary N) is 1. The Kier molecular flexibility index (Phi) is 5.82. The van der Waals surface area contributed by atoms with E-state index in [0.29, 0.717) is 6.54 Å². The highest BCUT2D eigenvalue weighted by molar-refractivity contribution is 7.89. The number of hydrogen-bond donors (Lipinski definition) is 1. The van der Waals surface area contributed by atoms with E-state index < -0.39 is 15.8 Å². The van der Waals surface area contributed by atoms with Crippen molar-refractivity contribution in [3.63, 3.8) is 0 Å². The Bertz CT molecular complexity index is 631. The first-order chi connectivity index (χ1) is 10.4. The van der Waals surface area contributed by atoms with Crippen molar-refractivity contribution in [3.05, 3.63) is 28.5 Å². The van der Waals surface area contributed by atoms with Gasteiger partial charge in [0.25, 0.3) is 0 Å². The van der Waals surface area contributed by atoms with Crippen LogP contribution in [0.3, 0.4) is 0 Å². The molecule has 1 aromatic rings. The van der Waals surface area contributed by atoms with Crippen LogP contribution in [0.2, 0.25) is 5.02 Å². The van der Waals surface area contributed by atoms with Crippen molar-refractivity contribution >= 4 is 21.6 Å². The fraction of sp³-hybridized carbons (Fsp3) is 0.600. The van der Waals surface area contributed by atoms with Crippen LogP contribution in [0.25, 0.3) is 0 Å². The van der Waals surface area contributed by atoms with Crippen LogP contribution in [0.4, 0.5) is 4.39 Å². The highest BCUT2D eigenvalue weighted by atomic mass is 35.5. The van der Waals surface area contributed by atoms with E-state index in [-0.39, 0.29) is 21.5 Å². The van der Waals surface area contributed by atoms with Crippen LogP contribution in [0.5, 0.6) is 0 Å². The number of aryl methyl sites for hydroxylation is 1. The van der Waals surface area contributed by atoms with Crippen LogP contribution in [0.15, 0.2) is 17.0 Å². The Hall–Kier alpha value is -0.690. The average Bonchev–Trinajstić information content (AvgIpc) is 2.49. The van der Waals surface area contributed by atoms with Gasteiger partial charge in [0.2, 0.25) is 10.0 Å². The van der Waals surface area contributed by atoms with Crippen molar-refractivity contribution in [2.24, 2.45) is 0 Å². The second-order valence-corrected chi connectivity index (χ2v) is 7.89. The fourth-order valence-corrected chi connectivity index (χ4v) is 5.12.